The van der Waals surface area contributed by atoms with E-state index in [9.17, 15) is 4.39 Å². The van der Waals surface area contributed by atoms with E-state index in [4.69, 9.17) is 0 Å². The molecule has 0 aliphatic rings. The van der Waals surface area contributed by atoms with E-state index >= 15 is 0 Å². The molecule has 3 nitrogen and oxygen atoms in total. The quantitative estimate of drug-likeness (QED) is 0.712. The average Bonchev–Trinajstić information content (AvgIpc) is 2.76. The zero-order valence-electron chi connectivity index (χ0n) is 11.4. The van der Waals surface area contributed by atoms with Gasteiger partial charge in [0, 0.05) is 11.8 Å². The molecule has 0 saturated heterocycles. The molecule has 2 heterocycles. The van der Waals surface area contributed by atoms with Crippen molar-refractivity contribution in [1.82, 2.24) is 14.8 Å². The lowest BCUT2D eigenvalue weighted by molar-refractivity contribution is 0.627. The zero-order chi connectivity index (χ0) is 14.8. The predicted octanol–water partition coefficient (Wildman–Crippen LogP) is 4.20. The van der Waals surface area contributed by atoms with Crippen molar-refractivity contribution < 1.29 is 4.39 Å². The molecule has 0 spiro atoms. The molecule has 0 atom stereocenters. The molecule has 0 N–H and O–H groups in total. The fraction of sp³-hybridized carbons (Fsp3) is 0.125. The molecule has 106 valence electrons. The van der Waals surface area contributed by atoms with Crippen molar-refractivity contribution in [3.05, 3.63) is 70.3 Å². The Hall–Kier alpha value is -2.01. The van der Waals surface area contributed by atoms with Gasteiger partial charge in [0.05, 0.1) is 28.1 Å². The SMILES string of the molecule is Cc1nn(Cc2ccccn2)c(-c2ccc(F)cc2)c1Br. The van der Waals surface area contributed by atoms with E-state index in [-0.39, 0.29) is 5.82 Å². The van der Waals surface area contributed by atoms with Crippen molar-refractivity contribution in [2.75, 3.05) is 0 Å². The van der Waals surface area contributed by atoms with Crippen molar-refractivity contribution in [3.8, 4) is 11.3 Å². The highest BCUT2D eigenvalue weighted by molar-refractivity contribution is 9.10. The van der Waals surface area contributed by atoms with Crippen LogP contribution in [-0.2, 0) is 6.54 Å². The van der Waals surface area contributed by atoms with Crippen molar-refractivity contribution in [1.29, 1.82) is 0 Å². The Morgan fingerprint density at radius 3 is 2.57 bits per heavy atom. The number of hydrogen-bond acceptors (Lipinski definition) is 2. The van der Waals surface area contributed by atoms with Gasteiger partial charge < -0.3 is 0 Å². The van der Waals surface area contributed by atoms with Gasteiger partial charge in [0.25, 0.3) is 0 Å². The van der Waals surface area contributed by atoms with Crippen LogP contribution in [0.5, 0.6) is 0 Å². The first-order valence-electron chi connectivity index (χ1n) is 6.54. The maximum Gasteiger partial charge on any atom is 0.123 e. The first kappa shape index (κ1) is 13.9. The summed E-state index contributed by atoms with van der Waals surface area (Å²) in [5.41, 5.74) is 3.67. The molecule has 0 saturated carbocycles. The van der Waals surface area contributed by atoms with E-state index in [2.05, 4.69) is 26.0 Å². The number of pyridine rings is 1. The molecule has 3 rings (SSSR count). The van der Waals surface area contributed by atoms with Gasteiger partial charge >= 0.3 is 0 Å². The number of aromatic nitrogens is 3. The summed E-state index contributed by atoms with van der Waals surface area (Å²) < 4.78 is 15.9. The Labute approximate surface area is 130 Å². The lowest BCUT2D eigenvalue weighted by Gasteiger charge is -2.08. The van der Waals surface area contributed by atoms with Crippen LogP contribution in [-0.4, -0.2) is 14.8 Å². The Bertz CT molecular complexity index is 751. The maximum atomic E-state index is 13.1. The molecular weight excluding hydrogens is 333 g/mol. The standard InChI is InChI=1S/C16H13BrFN3/c1-11-15(17)16(12-5-7-13(18)8-6-12)21(20-11)10-14-4-2-3-9-19-14/h2-9H,10H2,1H3. The molecule has 0 fully saturated rings. The van der Waals surface area contributed by atoms with Crippen molar-refractivity contribution in [3.63, 3.8) is 0 Å². The number of rotatable bonds is 3. The molecule has 0 aliphatic carbocycles. The summed E-state index contributed by atoms with van der Waals surface area (Å²) in [6.07, 6.45) is 1.76. The van der Waals surface area contributed by atoms with Gasteiger partial charge in [-0.3, -0.25) is 9.67 Å². The summed E-state index contributed by atoms with van der Waals surface area (Å²) >= 11 is 3.57. The van der Waals surface area contributed by atoms with Crippen molar-refractivity contribution in [2.24, 2.45) is 0 Å². The molecule has 21 heavy (non-hydrogen) atoms. The number of benzene rings is 1. The molecule has 1 aromatic carbocycles. The van der Waals surface area contributed by atoms with Crippen LogP contribution in [0.25, 0.3) is 11.3 Å². The number of aryl methyl sites for hydroxylation is 1. The largest absolute Gasteiger partial charge is 0.259 e. The topological polar surface area (TPSA) is 30.7 Å². The van der Waals surface area contributed by atoms with Crippen LogP contribution in [0.3, 0.4) is 0 Å². The minimum atomic E-state index is -0.248. The Balaban J connectivity index is 2.05. The normalized spacial score (nSPS) is 10.8. The van der Waals surface area contributed by atoms with Crippen molar-refractivity contribution >= 4 is 15.9 Å². The Kier molecular flexibility index (Phi) is 3.84. The van der Waals surface area contributed by atoms with Gasteiger partial charge in [-0.05, 0) is 59.3 Å². The van der Waals surface area contributed by atoms with E-state index < -0.39 is 0 Å². The Morgan fingerprint density at radius 2 is 1.90 bits per heavy atom. The van der Waals surface area contributed by atoms with Crippen LogP contribution in [0, 0.1) is 12.7 Å². The average molecular weight is 346 g/mol. The third kappa shape index (κ3) is 2.88. The third-order valence-electron chi connectivity index (χ3n) is 3.21. The summed E-state index contributed by atoms with van der Waals surface area (Å²) in [5, 5.41) is 4.54. The van der Waals surface area contributed by atoms with Crippen LogP contribution < -0.4 is 0 Å². The third-order valence-corrected chi connectivity index (χ3v) is 4.16. The minimum Gasteiger partial charge on any atom is -0.259 e. The first-order valence-corrected chi connectivity index (χ1v) is 7.33. The van der Waals surface area contributed by atoms with Gasteiger partial charge in [0.15, 0.2) is 0 Å². The lowest BCUT2D eigenvalue weighted by atomic mass is 10.1. The van der Waals surface area contributed by atoms with E-state index in [1.807, 2.05) is 29.8 Å². The summed E-state index contributed by atoms with van der Waals surface area (Å²) in [6, 6.07) is 12.2. The van der Waals surface area contributed by atoms with Gasteiger partial charge in [-0.1, -0.05) is 6.07 Å². The summed E-state index contributed by atoms with van der Waals surface area (Å²) in [5.74, 6) is -0.248. The molecule has 0 bridgehead atoms. The van der Waals surface area contributed by atoms with Crippen LogP contribution >= 0.6 is 15.9 Å². The zero-order valence-corrected chi connectivity index (χ0v) is 13.0. The van der Waals surface area contributed by atoms with Gasteiger partial charge in [-0.25, -0.2) is 4.39 Å². The monoisotopic (exact) mass is 345 g/mol. The molecular formula is C16H13BrFN3. The highest BCUT2D eigenvalue weighted by Crippen LogP contribution is 2.31. The second-order valence-electron chi connectivity index (χ2n) is 4.73. The van der Waals surface area contributed by atoms with E-state index in [0.29, 0.717) is 6.54 Å². The summed E-state index contributed by atoms with van der Waals surface area (Å²) in [4.78, 5) is 4.33. The fourth-order valence-corrected chi connectivity index (χ4v) is 2.72. The van der Waals surface area contributed by atoms with Gasteiger partial charge in [0.1, 0.15) is 5.82 Å². The number of halogens is 2. The molecule has 3 aromatic rings. The molecule has 0 radical (unpaired) electrons. The second-order valence-corrected chi connectivity index (χ2v) is 5.53. The van der Waals surface area contributed by atoms with Crippen LogP contribution in [0.15, 0.2) is 53.1 Å². The first-order chi connectivity index (χ1) is 10.1. The maximum absolute atomic E-state index is 13.1. The lowest BCUT2D eigenvalue weighted by Crippen LogP contribution is -2.05. The van der Waals surface area contributed by atoms with Crippen LogP contribution in [0.1, 0.15) is 11.4 Å². The molecule has 0 amide bonds. The Morgan fingerprint density at radius 1 is 1.14 bits per heavy atom. The smallest absolute Gasteiger partial charge is 0.123 e. The van der Waals surface area contributed by atoms with Crippen LogP contribution in [0.4, 0.5) is 4.39 Å². The molecule has 0 unspecified atom stereocenters. The summed E-state index contributed by atoms with van der Waals surface area (Å²) in [6.45, 7) is 2.51. The van der Waals surface area contributed by atoms with E-state index in [1.54, 1.807) is 18.3 Å². The minimum absolute atomic E-state index is 0.248. The van der Waals surface area contributed by atoms with Gasteiger partial charge in [-0.2, -0.15) is 5.10 Å². The van der Waals surface area contributed by atoms with E-state index in [1.165, 1.54) is 12.1 Å². The number of hydrogen-bond donors (Lipinski definition) is 0. The van der Waals surface area contributed by atoms with Gasteiger partial charge in [0.2, 0.25) is 0 Å². The predicted molar refractivity (Wildman–Crippen MR) is 83.4 cm³/mol. The van der Waals surface area contributed by atoms with Gasteiger partial charge in [-0.15, -0.1) is 0 Å². The highest BCUT2D eigenvalue weighted by atomic mass is 79.9. The van der Waals surface area contributed by atoms with E-state index in [0.717, 1.165) is 27.1 Å². The highest BCUT2D eigenvalue weighted by Gasteiger charge is 2.15. The molecule has 5 heteroatoms. The fourth-order valence-electron chi connectivity index (χ4n) is 2.20. The van der Waals surface area contributed by atoms with Crippen LogP contribution in [0.2, 0.25) is 0 Å². The van der Waals surface area contributed by atoms with Crippen molar-refractivity contribution in [2.45, 2.75) is 13.5 Å². The molecule has 2 aromatic heterocycles. The number of nitrogens with zero attached hydrogens (tertiary/aromatic N) is 3. The second kappa shape index (κ2) is 5.77. The molecule has 0 aliphatic heterocycles. The summed E-state index contributed by atoms with van der Waals surface area (Å²) in [7, 11) is 0.